The maximum absolute atomic E-state index is 13.9. The molecule has 0 fully saturated rings. The molecule has 4 aromatic rings. The number of halogens is 2. The lowest BCUT2D eigenvalue weighted by Crippen LogP contribution is -2.34. The maximum Gasteiger partial charge on any atom is 0.333 e. The molecule has 32 heavy (non-hydrogen) atoms. The summed E-state index contributed by atoms with van der Waals surface area (Å²) in [5.74, 6) is -0.388. The Hall–Kier alpha value is -3.56. The Bertz CT molecular complexity index is 1480. The minimum absolute atomic E-state index is 0.0704. The number of nitrogens with one attached hydrogen (secondary N) is 3. The van der Waals surface area contributed by atoms with Gasteiger partial charge in [0.15, 0.2) is 5.65 Å². The van der Waals surface area contributed by atoms with E-state index in [0.29, 0.717) is 11.3 Å². The van der Waals surface area contributed by atoms with Crippen LogP contribution in [0.25, 0.3) is 16.7 Å². The Morgan fingerprint density at radius 2 is 2.09 bits per heavy atom. The molecular formula is C22H19ClFN7O. The Labute approximate surface area is 186 Å². The van der Waals surface area contributed by atoms with Gasteiger partial charge in [0.05, 0.1) is 11.1 Å². The van der Waals surface area contributed by atoms with Gasteiger partial charge in [0.1, 0.15) is 16.3 Å². The van der Waals surface area contributed by atoms with Crippen LogP contribution in [0.5, 0.6) is 0 Å². The number of aromatic amines is 1. The van der Waals surface area contributed by atoms with E-state index in [1.54, 1.807) is 0 Å². The van der Waals surface area contributed by atoms with Crippen LogP contribution < -0.4 is 16.5 Å². The number of aromatic nitrogens is 4. The van der Waals surface area contributed by atoms with Crippen molar-refractivity contribution in [1.29, 1.82) is 5.41 Å². The van der Waals surface area contributed by atoms with Gasteiger partial charge in [-0.05, 0) is 48.9 Å². The minimum Gasteiger partial charge on any atom is -0.324 e. The van der Waals surface area contributed by atoms with Crippen LogP contribution in [0.3, 0.4) is 0 Å². The van der Waals surface area contributed by atoms with Gasteiger partial charge in [-0.15, -0.1) is 0 Å². The van der Waals surface area contributed by atoms with Crippen molar-refractivity contribution in [2.24, 2.45) is 0 Å². The first-order valence-electron chi connectivity index (χ1n) is 9.99. The summed E-state index contributed by atoms with van der Waals surface area (Å²) in [5.41, 5.74) is 2.83. The molecule has 0 spiro atoms. The fraction of sp³-hybridized carbons (Fsp3) is 0.182. The zero-order valence-electron chi connectivity index (χ0n) is 17.1. The molecule has 0 amide bonds. The fourth-order valence-electron chi connectivity index (χ4n) is 3.89. The number of H-pyrrole nitrogens is 1. The zero-order chi connectivity index (χ0) is 22.4. The number of rotatable bonds is 3. The number of anilines is 2. The summed E-state index contributed by atoms with van der Waals surface area (Å²) < 4.78 is 14.9. The Kier molecular flexibility index (Phi) is 4.99. The quantitative estimate of drug-likeness (QED) is 0.444. The van der Waals surface area contributed by atoms with Crippen LogP contribution in [0.2, 0.25) is 5.02 Å². The Morgan fingerprint density at radius 3 is 2.94 bits per heavy atom. The van der Waals surface area contributed by atoms with Crippen LogP contribution in [0, 0.1) is 11.2 Å². The van der Waals surface area contributed by atoms with Crippen molar-refractivity contribution in [3.05, 3.63) is 80.5 Å². The number of hydrogen-bond donors (Lipinski definition) is 3. The molecule has 8 nitrogen and oxygen atoms in total. The van der Waals surface area contributed by atoms with E-state index in [9.17, 15) is 9.18 Å². The zero-order valence-corrected chi connectivity index (χ0v) is 17.9. The summed E-state index contributed by atoms with van der Waals surface area (Å²) in [6, 6.07) is 10.2. The molecule has 1 aliphatic heterocycles. The van der Waals surface area contributed by atoms with Gasteiger partial charge in [0.25, 0.3) is 0 Å². The van der Waals surface area contributed by atoms with Crippen LogP contribution in [-0.4, -0.2) is 38.0 Å². The van der Waals surface area contributed by atoms with E-state index in [0.717, 1.165) is 29.8 Å². The molecule has 1 aliphatic rings. The Morgan fingerprint density at radius 1 is 1.25 bits per heavy atom. The third kappa shape index (κ3) is 3.55. The van der Waals surface area contributed by atoms with Crippen molar-refractivity contribution in [3.8, 4) is 5.69 Å². The van der Waals surface area contributed by atoms with Crippen LogP contribution in [0.15, 0.2) is 47.4 Å². The second kappa shape index (κ2) is 7.85. The van der Waals surface area contributed by atoms with Gasteiger partial charge in [-0.25, -0.2) is 18.7 Å². The van der Waals surface area contributed by atoms with Gasteiger partial charge in [0.2, 0.25) is 5.95 Å². The summed E-state index contributed by atoms with van der Waals surface area (Å²) in [6.45, 7) is 1.92. The second-order valence-electron chi connectivity index (χ2n) is 7.74. The number of fused-ring (bicyclic) bond motifs is 2. The van der Waals surface area contributed by atoms with E-state index in [1.165, 1.54) is 35.5 Å². The van der Waals surface area contributed by atoms with E-state index in [4.69, 9.17) is 17.0 Å². The standard InChI is InChI=1S/C22H19ClFN7O/c1-30-8-7-12-5-6-14(9-13(12)11-30)27-21-26-10-15-19(25)31(22(32)29-20(15)28-21)17-4-2-3-16(24)18(17)23/h2-6,9-10,25H,7-8,11H2,1H3,(H2,26,27,28,29,32). The van der Waals surface area contributed by atoms with Crippen LogP contribution in [0.1, 0.15) is 11.1 Å². The molecule has 162 valence electrons. The highest BCUT2D eigenvalue weighted by Crippen LogP contribution is 2.24. The molecule has 2 aromatic carbocycles. The lowest BCUT2D eigenvalue weighted by molar-refractivity contribution is 0.313. The summed E-state index contributed by atoms with van der Waals surface area (Å²) in [6.07, 6.45) is 2.46. The van der Waals surface area contributed by atoms with Gasteiger partial charge in [-0.1, -0.05) is 23.7 Å². The van der Waals surface area contributed by atoms with Gasteiger partial charge in [0, 0.05) is 25.0 Å². The largest absolute Gasteiger partial charge is 0.333 e. The average Bonchev–Trinajstić information content (AvgIpc) is 2.76. The number of likely N-dealkylation sites (N-methyl/N-ethyl adjacent to an activating group) is 1. The van der Waals surface area contributed by atoms with E-state index in [-0.39, 0.29) is 21.8 Å². The normalized spacial score (nSPS) is 13.8. The molecule has 3 N–H and O–H groups in total. The monoisotopic (exact) mass is 451 g/mol. The third-order valence-corrected chi connectivity index (χ3v) is 5.91. The van der Waals surface area contributed by atoms with Crippen LogP contribution in [0.4, 0.5) is 16.0 Å². The van der Waals surface area contributed by atoms with E-state index >= 15 is 0 Å². The Balaban J connectivity index is 1.53. The predicted octanol–water partition coefficient (Wildman–Crippen LogP) is 3.11. The molecule has 0 atom stereocenters. The highest BCUT2D eigenvalue weighted by Gasteiger charge is 2.16. The van der Waals surface area contributed by atoms with E-state index < -0.39 is 11.5 Å². The number of hydrogen-bond acceptors (Lipinski definition) is 6. The molecular weight excluding hydrogens is 433 g/mol. The van der Waals surface area contributed by atoms with Crippen molar-refractivity contribution < 1.29 is 4.39 Å². The molecule has 5 rings (SSSR count). The molecule has 10 heteroatoms. The number of benzene rings is 2. The smallest absolute Gasteiger partial charge is 0.324 e. The van der Waals surface area contributed by atoms with E-state index in [2.05, 4.69) is 44.3 Å². The molecule has 0 bridgehead atoms. The maximum atomic E-state index is 13.9. The summed E-state index contributed by atoms with van der Waals surface area (Å²) in [5, 5.41) is 11.7. The van der Waals surface area contributed by atoms with E-state index in [1.807, 2.05) is 6.07 Å². The molecule has 2 aromatic heterocycles. The molecule has 0 unspecified atom stereocenters. The topological polar surface area (TPSA) is 103 Å². The summed E-state index contributed by atoms with van der Waals surface area (Å²) in [4.78, 5) is 26.3. The van der Waals surface area contributed by atoms with Gasteiger partial charge < -0.3 is 10.2 Å². The third-order valence-electron chi connectivity index (χ3n) is 5.53. The van der Waals surface area contributed by atoms with Crippen LogP contribution >= 0.6 is 11.6 Å². The molecule has 3 heterocycles. The summed E-state index contributed by atoms with van der Waals surface area (Å²) >= 11 is 6.02. The van der Waals surface area contributed by atoms with Gasteiger partial charge >= 0.3 is 5.69 Å². The minimum atomic E-state index is -0.678. The first-order chi connectivity index (χ1) is 15.4. The van der Waals surface area contributed by atoms with Crippen LogP contribution in [-0.2, 0) is 13.0 Å². The lowest BCUT2D eigenvalue weighted by atomic mass is 9.99. The van der Waals surface area contributed by atoms with Gasteiger partial charge in [-0.2, -0.15) is 4.98 Å². The predicted molar refractivity (Wildman–Crippen MR) is 120 cm³/mol. The molecule has 0 saturated carbocycles. The molecule has 0 radical (unpaired) electrons. The fourth-order valence-corrected chi connectivity index (χ4v) is 4.10. The van der Waals surface area contributed by atoms with Crippen molar-refractivity contribution in [1.82, 2.24) is 24.4 Å². The summed E-state index contributed by atoms with van der Waals surface area (Å²) in [7, 11) is 2.09. The van der Waals surface area contributed by atoms with Crippen molar-refractivity contribution in [2.45, 2.75) is 13.0 Å². The second-order valence-corrected chi connectivity index (χ2v) is 8.12. The molecule has 0 saturated heterocycles. The highest BCUT2D eigenvalue weighted by molar-refractivity contribution is 6.32. The van der Waals surface area contributed by atoms with Gasteiger partial charge in [-0.3, -0.25) is 10.4 Å². The number of nitrogens with zero attached hydrogens (tertiary/aromatic N) is 4. The highest BCUT2D eigenvalue weighted by atomic mass is 35.5. The molecule has 0 aliphatic carbocycles. The first-order valence-corrected chi connectivity index (χ1v) is 10.4. The SMILES string of the molecule is CN1CCc2ccc(Nc3ncc4c(=N)n(-c5cccc(F)c5Cl)c(=O)[nH]c4n3)cc2C1. The van der Waals surface area contributed by atoms with Crippen molar-refractivity contribution in [2.75, 3.05) is 18.9 Å². The van der Waals surface area contributed by atoms with Crippen molar-refractivity contribution in [3.63, 3.8) is 0 Å². The lowest BCUT2D eigenvalue weighted by Gasteiger charge is -2.25. The first kappa shape index (κ1) is 20.3. The average molecular weight is 452 g/mol. The van der Waals surface area contributed by atoms with Crippen molar-refractivity contribution >= 4 is 34.3 Å².